The Balaban J connectivity index is 4.28. The molecular formula is C49H94O6. The van der Waals surface area contributed by atoms with E-state index in [-0.39, 0.29) is 31.1 Å². The van der Waals surface area contributed by atoms with Crippen molar-refractivity contribution in [1.82, 2.24) is 0 Å². The van der Waals surface area contributed by atoms with Gasteiger partial charge in [0.2, 0.25) is 0 Å². The number of unbranched alkanes of at least 4 members (excludes halogenated alkanes) is 30. The van der Waals surface area contributed by atoms with E-state index in [2.05, 4.69) is 27.7 Å². The third-order valence-corrected chi connectivity index (χ3v) is 11.4. The van der Waals surface area contributed by atoms with Crippen molar-refractivity contribution in [2.24, 2.45) is 5.92 Å². The summed E-state index contributed by atoms with van der Waals surface area (Å²) in [5, 5.41) is 0. The largest absolute Gasteiger partial charge is 0.462 e. The Morgan fingerprint density at radius 1 is 0.364 bits per heavy atom. The molecule has 0 saturated carbocycles. The summed E-state index contributed by atoms with van der Waals surface area (Å²) in [6.45, 7) is 9.02. The lowest BCUT2D eigenvalue weighted by molar-refractivity contribution is -0.167. The van der Waals surface area contributed by atoms with Crippen LogP contribution in [0.2, 0.25) is 0 Å². The molecule has 0 bridgehead atoms. The van der Waals surface area contributed by atoms with E-state index in [1.807, 2.05) is 0 Å². The zero-order chi connectivity index (χ0) is 40.3. The standard InChI is InChI=1S/C49H94O6/c1-5-8-10-12-14-16-17-18-19-20-25-28-32-36-40-47(50)53-43-46(55-49(52)42-38-34-30-23-15-13-11-9-6-2)44-54-48(51)41-37-33-29-26-22-21-24-27-31-35-39-45(4)7-3/h45-46H,5-44H2,1-4H3/t45?,46-/m0/s1. The van der Waals surface area contributed by atoms with Crippen LogP contribution in [0.4, 0.5) is 0 Å². The molecule has 0 amide bonds. The molecule has 0 aliphatic heterocycles. The molecular weight excluding hydrogens is 685 g/mol. The van der Waals surface area contributed by atoms with Gasteiger partial charge in [0.1, 0.15) is 13.2 Å². The maximum absolute atomic E-state index is 12.7. The smallest absolute Gasteiger partial charge is 0.306 e. The molecule has 0 aliphatic rings. The summed E-state index contributed by atoms with van der Waals surface area (Å²) in [5.41, 5.74) is 0. The molecule has 6 heteroatoms. The molecule has 0 spiro atoms. The van der Waals surface area contributed by atoms with Gasteiger partial charge in [0.05, 0.1) is 0 Å². The lowest BCUT2D eigenvalue weighted by Crippen LogP contribution is -2.30. The van der Waals surface area contributed by atoms with E-state index in [4.69, 9.17) is 14.2 Å². The van der Waals surface area contributed by atoms with Gasteiger partial charge in [0.25, 0.3) is 0 Å². The second-order valence-electron chi connectivity index (χ2n) is 17.0. The van der Waals surface area contributed by atoms with E-state index in [9.17, 15) is 14.4 Å². The summed E-state index contributed by atoms with van der Waals surface area (Å²) in [7, 11) is 0. The first-order valence-corrected chi connectivity index (χ1v) is 24.4. The number of esters is 3. The molecule has 0 aromatic carbocycles. The number of hydrogen-bond donors (Lipinski definition) is 0. The minimum atomic E-state index is -0.759. The number of carbonyl (C=O) groups is 3. The molecule has 0 aromatic rings. The van der Waals surface area contributed by atoms with Crippen molar-refractivity contribution < 1.29 is 28.6 Å². The molecule has 55 heavy (non-hydrogen) atoms. The second-order valence-corrected chi connectivity index (χ2v) is 17.0. The number of rotatable bonds is 44. The second kappa shape index (κ2) is 43.5. The van der Waals surface area contributed by atoms with Crippen LogP contribution in [0.15, 0.2) is 0 Å². The molecule has 2 atom stereocenters. The van der Waals surface area contributed by atoms with E-state index in [0.29, 0.717) is 19.3 Å². The van der Waals surface area contributed by atoms with Crippen LogP contribution in [0.3, 0.4) is 0 Å². The van der Waals surface area contributed by atoms with Gasteiger partial charge in [-0.2, -0.15) is 0 Å². The van der Waals surface area contributed by atoms with Crippen molar-refractivity contribution in [3.05, 3.63) is 0 Å². The summed E-state index contributed by atoms with van der Waals surface area (Å²) in [6, 6.07) is 0. The van der Waals surface area contributed by atoms with Crippen molar-refractivity contribution in [2.45, 2.75) is 278 Å². The maximum Gasteiger partial charge on any atom is 0.306 e. The molecule has 0 aliphatic carbocycles. The summed E-state index contributed by atoms with van der Waals surface area (Å²) in [6.07, 6.45) is 43.6. The molecule has 0 saturated heterocycles. The predicted molar refractivity (Wildman–Crippen MR) is 233 cm³/mol. The van der Waals surface area contributed by atoms with Gasteiger partial charge in [0, 0.05) is 19.3 Å². The quantitative estimate of drug-likeness (QED) is 0.0348. The van der Waals surface area contributed by atoms with E-state index in [1.165, 1.54) is 167 Å². The van der Waals surface area contributed by atoms with Gasteiger partial charge in [-0.25, -0.2) is 0 Å². The van der Waals surface area contributed by atoms with Gasteiger partial charge < -0.3 is 14.2 Å². The van der Waals surface area contributed by atoms with Gasteiger partial charge in [-0.3, -0.25) is 14.4 Å². The van der Waals surface area contributed by atoms with E-state index < -0.39 is 6.10 Å². The Hall–Kier alpha value is -1.59. The Bertz CT molecular complexity index is 828. The fourth-order valence-electron chi connectivity index (χ4n) is 7.30. The lowest BCUT2D eigenvalue weighted by atomic mass is 9.99. The molecule has 6 nitrogen and oxygen atoms in total. The van der Waals surface area contributed by atoms with Crippen LogP contribution < -0.4 is 0 Å². The zero-order valence-corrected chi connectivity index (χ0v) is 37.4. The minimum absolute atomic E-state index is 0.0634. The number of ether oxygens (including phenoxy) is 3. The molecule has 0 heterocycles. The molecule has 0 radical (unpaired) electrons. The first-order chi connectivity index (χ1) is 26.9. The molecule has 0 rings (SSSR count). The molecule has 1 unspecified atom stereocenters. The fourth-order valence-corrected chi connectivity index (χ4v) is 7.30. The van der Waals surface area contributed by atoms with Crippen molar-refractivity contribution in [3.8, 4) is 0 Å². The topological polar surface area (TPSA) is 78.9 Å². The van der Waals surface area contributed by atoms with E-state index in [1.54, 1.807) is 0 Å². The SMILES string of the molecule is CCCCCCCCCCCCCCCCC(=O)OC[C@@H](COC(=O)CCCCCCCCCCCCC(C)CC)OC(=O)CCCCCCCCCCC. The monoisotopic (exact) mass is 779 g/mol. The average molecular weight is 779 g/mol. The Kier molecular flexibility index (Phi) is 42.3. The molecule has 0 fully saturated rings. The van der Waals surface area contributed by atoms with Gasteiger partial charge in [0.15, 0.2) is 6.10 Å². The average Bonchev–Trinajstić information content (AvgIpc) is 3.18. The highest BCUT2D eigenvalue weighted by molar-refractivity contribution is 5.71. The molecule has 0 aromatic heterocycles. The fraction of sp³-hybridized carbons (Fsp3) is 0.939. The number of carbonyl (C=O) groups excluding carboxylic acids is 3. The summed E-state index contributed by atoms with van der Waals surface area (Å²) in [4.78, 5) is 37.8. The van der Waals surface area contributed by atoms with Crippen molar-refractivity contribution in [3.63, 3.8) is 0 Å². The summed E-state index contributed by atoms with van der Waals surface area (Å²) in [5.74, 6) is 0.0182. The van der Waals surface area contributed by atoms with Gasteiger partial charge in [-0.15, -0.1) is 0 Å². The van der Waals surface area contributed by atoms with Crippen molar-refractivity contribution >= 4 is 17.9 Å². The van der Waals surface area contributed by atoms with Gasteiger partial charge in [-0.1, -0.05) is 233 Å². The van der Waals surface area contributed by atoms with Crippen molar-refractivity contribution in [1.29, 1.82) is 0 Å². The van der Waals surface area contributed by atoms with Gasteiger partial charge >= 0.3 is 17.9 Å². The first kappa shape index (κ1) is 53.4. The Labute approximate surface area is 342 Å². The van der Waals surface area contributed by atoms with Crippen LogP contribution in [0.5, 0.6) is 0 Å². The summed E-state index contributed by atoms with van der Waals surface area (Å²) < 4.78 is 16.7. The predicted octanol–water partition coefficient (Wildman–Crippen LogP) is 15.5. The van der Waals surface area contributed by atoms with Crippen LogP contribution in [0, 0.1) is 5.92 Å². The maximum atomic E-state index is 12.7. The van der Waals surface area contributed by atoms with Crippen LogP contribution in [-0.4, -0.2) is 37.2 Å². The highest BCUT2D eigenvalue weighted by Crippen LogP contribution is 2.17. The summed E-state index contributed by atoms with van der Waals surface area (Å²) >= 11 is 0. The normalized spacial score (nSPS) is 12.4. The lowest BCUT2D eigenvalue weighted by Gasteiger charge is -2.18. The third-order valence-electron chi connectivity index (χ3n) is 11.4. The first-order valence-electron chi connectivity index (χ1n) is 24.4. The van der Waals surface area contributed by atoms with Crippen LogP contribution in [-0.2, 0) is 28.6 Å². The van der Waals surface area contributed by atoms with E-state index in [0.717, 1.165) is 63.7 Å². The van der Waals surface area contributed by atoms with Crippen LogP contribution in [0.1, 0.15) is 272 Å². The highest BCUT2D eigenvalue weighted by atomic mass is 16.6. The van der Waals surface area contributed by atoms with Crippen LogP contribution >= 0.6 is 0 Å². The van der Waals surface area contributed by atoms with Crippen LogP contribution in [0.25, 0.3) is 0 Å². The zero-order valence-electron chi connectivity index (χ0n) is 37.4. The minimum Gasteiger partial charge on any atom is -0.462 e. The Morgan fingerprint density at radius 3 is 0.945 bits per heavy atom. The molecule has 0 N–H and O–H groups in total. The number of hydrogen-bond acceptors (Lipinski definition) is 6. The van der Waals surface area contributed by atoms with Gasteiger partial charge in [-0.05, 0) is 25.2 Å². The highest BCUT2D eigenvalue weighted by Gasteiger charge is 2.19. The van der Waals surface area contributed by atoms with Crippen molar-refractivity contribution in [2.75, 3.05) is 13.2 Å². The third kappa shape index (κ3) is 41.9. The Morgan fingerprint density at radius 2 is 0.636 bits per heavy atom. The molecule has 326 valence electrons. The van der Waals surface area contributed by atoms with E-state index >= 15 is 0 Å².